The fourth-order valence-electron chi connectivity index (χ4n) is 5.74. The summed E-state index contributed by atoms with van der Waals surface area (Å²) in [6, 6.07) is 0. The molecule has 2 aliphatic carbocycles. The van der Waals surface area contributed by atoms with Gasteiger partial charge < -0.3 is 23.7 Å². The van der Waals surface area contributed by atoms with Gasteiger partial charge in [-0.1, -0.05) is 6.42 Å². The topological polar surface area (TPSA) is 63.2 Å². The average Bonchev–Trinajstić information content (AvgIpc) is 3.11. The number of hydrogen-bond donors (Lipinski definition) is 0. The van der Waals surface area contributed by atoms with E-state index in [1.807, 2.05) is 0 Å². The lowest BCUT2D eigenvalue weighted by molar-refractivity contribution is -0.216. The minimum absolute atomic E-state index is 0.0389. The first-order valence-corrected chi connectivity index (χ1v) is 9.87. The molecule has 6 atom stereocenters. The summed E-state index contributed by atoms with van der Waals surface area (Å²) in [5.74, 6) is -0.584. The van der Waals surface area contributed by atoms with Crippen molar-refractivity contribution in [3.8, 4) is 0 Å². The van der Waals surface area contributed by atoms with Crippen molar-refractivity contribution in [2.24, 2.45) is 0 Å². The third kappa shape index (κ3) is 2.64. The maximum absolute atomic E-state index is 11.6. The number of carbonyl (C=O) groups excluding carboxylic acids is 1. The van der Waals surface area contributed by atoms with Gasteiger partial charge in [-0.3, -0.25) is 4.79 Å². The molecule has 0 radical (unpaired) electrons. The van der Waals surface area contributed by atoms with Gasteiger partial charge in [-0.2, -0.15) is 0 Å². The zero-order valence-corrected chi connectivity index (χ0v) is 14.9. The van der Waals surface area contributed by atoms with Crippen molar-refractivity contribution in [1.29, 1.82) is 0 Å². The number of rotatable bonds is 2. The first kappa shape index (κ1) is 16.5. The molecule has 2 saturated carbocycles. The molecule has 5 aliphatic rings. The summed E-state index contributed by atoms with van der Waals surface area (Å²) in [6.07, 6.45) is 9.57. The van der Waals surface area contributed by atoms with Crippen LogP contribution < -0.4 is 0 Å². The second-order valence-electron chi connectivity index (χ2n) is 8.44. The zero-order chi connectivity index (χ0) is 17.1. The van der Waals surface area contributed by atoms with Gasteiger partial charge in [0, 0.05) is 25.7 Å². The molecule has 5 fully saturated rings. The third-order valence-corrected chi connectivity index (χ3v) is 6.86. The van der Waals surface area contributed by atoms with Gasteiger partial charge in [-0.25, -0.2) is 0 Å². The minimum Gasteiger partial charge on any atom is -0.469 e. The molecule has 3 aliphatic heterocycles. The molecular weight excluding hydrogens is 324 g/mol. The van der Waals surface area contributed by atoms with Crippen LogP contribution in [0.25, 0.3) is 0 Å². The number of hydrogen-bond acceptors (Lipinski definition) is 6. The number of esters is 1. The molecule has 0 amide bonds. The van der Waals surface area contributed by atoms with E-state index in [9.17, 15) is 4.79 Å². The lowest BCUT2D eigenvalue weighted by Gasteiger charge is -2.44. The fraction of sp³-hybridized carbons (Fsp3) is 0.947. The highest BCUT2D eigenvalue weighted by atomic mass is 16.8. The van der Waals surface area contributed by atoms with Gasteiger partial charge in [0.05, 0.1) is 43.5 Å². The van der Waals surface area contributed by atoms with Crippen LogP contribution in [0.15, 0.2) is 0 Å². The number of carbonyl (C=O) groups is 1. The van der Waals surface area contributed by atoms with Crippen molar-refractivity contribution >= 4 is 5.97 Å². The molecule has 3 saturated heterocycles. The monoisotopic (exact) mass is 352 g/mol. The van der Waals surface area contributed by atoms with Crippen molar-refractivity contribution < 1.29 is 28.5 Å². The molecule has 3 heterocycles. The predicted molar refractivity (Wildman–Crippen MR) is 86.9 cm³/mol. The molecule has 0 aromatic rings. The number of fused-ring (bicyclic) bond motifs is 3. The smallest absolute Gasteiger partial charge is 0.308 e. The molecule has 5 rings (SSSR count). The highest BCUT2D eigenvalue weighted by molar-refractivity contribution is 5.69. The molecule has 6 nitrogen and oxygen atoms in total. The molecule has 0 N–H and O–H groups in total. The number of methoxy groups -OCH3 is 1. The van der Waals surface area contributed by atoms with E-state index in [0.717, 1.165) is 38.5 Å². The van der Waals surface area contributed by atoms with Crippen molar-refractivity contribution in [1.82, 2.24) is 0 Å². The van der Waals surface area contributed by atoms with E-state index < -0.39 is 0 Å². The van der Waals surface area contributed by atoms with Crippen LogP contribution in [-0.4, -0.2) is 55.0 Å². The SMILES string of the molecule is COC(=O)C[C@H]1CC[C@@H]2O[C@@H]3C[C@]2(C[C@H]2OC4(CCCCC4)O[C@@H]32)O1. The van der Waals surface area contributed by atoms with E-state index >= 15 is 0 Å². The lowest BCUT2D eigenvalue weighted by Crippen LogP contribution is -2.54. The van der Waals surface area contributed by atoms with Crippen LogP contribution in [0.1, 0.15) is 64.2 Å². The summed E-state index contributed by atoms with van der Waals surface area (Å²) >= 11 is 0. The Balaban J connectivity index is 1.33. The fourth-order valence-corrected chi connectivity index (χ4v) is 5.74. The number of ether oxygens (including phenoxy) is 5. The third-order valence-electron chi connectivity index (χ3n) is 6.86. The Morgan fingerprint density at radius 2 is 1.84 bits per heavy atom. The van der Waals surface area contributed by atoms with Crippen LogP contribution in [0.4, 0.5) is 0 Å². The molecule has 25 heavy (non-hydrogen) atoms. The molecule has 2 bridgehead atoms. The lowest BCUT2D eigenvalue weighted by atomic mass is 9.76. The van der Waals surface area contributed by atoms with Crippen LogP contribution in [0.5, 0.6) is 0 Å². The first-order valence-electron chi connectivity index (χ1n) is 9.87. The zero-order valence-electron chi connectivity index (χ0n) is 14.9. The van der Waals surface area contributed by atoms with E-state index in [-0.39, 0.29) is 47.9 Å². The average molecular weight is 352 g/mol. The van der Waals surface area contributed by atoms with Gasteiger partial charge in [0.25, 0.3) is 0 Å². The van der Waals surface area contributed by atoms with Gasteiger partial charge in [0.1, 0.15) is 6.10 Å². The van der Waals surface area contributed by atoms with E-state index in [1.165, 1.54) is 26.4 Å². The highest BCUT2D eigenvalue weighted by Gasteiger charge is 2.65. The Morgan fingerprint density at radius 1 is 1.04 bits per heavy atom. The molecule has 6 heteroatoms. The highest BCUT2D eigenvalue weighted by Crippen LogP contribution is 2.55. The van der Waals surface area contributed by atoms with Gasteiger partial charge in [-0.05, 0) is 25.7 Å². The molecule has 0 unspecified atom stereocenters. The van der Waals surface area contributed by atoms with Crippen molar-refractivity contribution in [3.63, 3.8) is 0 Å². The first-order chi connectivity index (χ1) is 12.1. The standard InChI is InChI=1S/C19H28O6/c1-21-16(20)9-12-5-6-15-18(23-12)10-13(22-15)17-14(11-18)24-19(25-17)7-3-2-4-8-19/h12-15,17H,2-11H2,1H3/t12-,13-,14-,15+,17+,18-/m1/s1. The van der Waals surface area contributed by atoms with E-state index in [2.05, 4.69) is 0 Å². The molecule has 140 valence electrons. The Labute approximate surface area is 148 Å². The van der Waals surface area contributed by atoms with Gasteiger partial charge in [0.15, 0.2) is 5.79 Å². The van der Waals surface area contributed by atoms with E-state index in [1.54, 1.807) is 0 Å². The molecule has 0 aromatic heterocycles. The van der Waals surface area contributed by atoms with Crippen molar-refractivity contribution in [2.75, 3.05) is 7.11 Å². The summed E-state index contributed by atoms with van der Waals surface area (Å²) in [5, 5.41) is 0. The summed E-state index contributed by atoms with van der Waals surface area (Å²) in [5.41, 5.74) is -0.313. The van der Waals surface area contributed by atoms with Crippen molar-refractivity contribution in [3.05, 3.63) is 0 Å². The van der Waals surface area contributed by atoms with E-state index in [4.69, 9.17) is 23.7 Å². The Morgan fingerprint density at radius 3 is 2.64 bits per heavy atom. The normalized spacial score (nSPS) is 47.3. The van der Waals surface area contributed by atoms with Crippen LogP contribution in [0.3, 0.4) is 0 Å². The predicted octanol–water partition coefficient (Wildman–Crippen LogP) is 2.47. The summed E-state index contributed by atoms with van der Waals surface area (Å²) in [4.78, 5) is 11.6. The van der Waals surface area contributed by atoms with Gasteiger partial charge in [-0.15, -0.1) is 0 Å². The van der Waals surface area contributed by atoms with Crippen LogP contribution in [0, 0.1) is 0 Å². The summed E-state index contributed by atoms with van der Waals surface area (Å²) < 4.78 is 30.6. The Hall–Kier alpha value is -0.690. The van der Waals surface area contributed by atoms with Crippen LogP contribution in [0.2, 0.25) is 0 Å². The maximum atomic E-state index is 11.6. The van der Waals surface area contributed by atoms with Crippen molar-refractivity contribution in [2.45, 2.75) is 106 Å². The largest absolute Gasteiger partial charge is 0.469 e. The summed E-state index contributed by atoms with van der Waals surface area (Å²) in [7, 11) is 1.43. The quantitative estimate of drug-likeness (QED) is 0.712. The molecule has 2 spiro atoms. The van der Waals surface area contributed by atoms with Gasteiger partial charge in [0.2, 0.25) is 0 Å². The van der Waals surface area contributed by atoms with Gasteiger partial charge >= 0.3 is 5.97 Å². The van der Waals surface area contributed by atoms with Crippen LogP contribution >= 0.6 is 0 Å². The van der Waals surface area contributed by atoms with Crippen LogP contribution in [-0.2, 0) is 28.5 Å². The second kappa shape index (κ2) is 5.91. The molecular formula is C19H28O6. The maximum Gasteiger partial charge on any atom is 0.308 e. The summed E-state index contributed by atoms with van der Waals surface area (Å²) in [6.45, 7) is 0. The van der Waals surface area contributed by atoms with E-state index in [0.29, 0.717) is 6.42 Å². The minimum atomic E-state index is -0.381. The Kier molecular flexibility index (Phi) is 3.90. The Bertz CT molecular complexity index is 544. The second-order valence-corrected chi connectivity index (χ2v) is 8.44. The molecule has 0 aromatic carbocycles.